The third kappa shape index (κ3) is 1.99. The topological polar surface area (TPSA) is 67.4 Å². The van der Waals surface area contributed by atoms with E-state index in [1.165, 1.54) is 0 Å². The van der Waals surface area contributed by atoms with Gasteiger partial charge in [-0.3, -0.25) is 0 Å². The first-order chi connectivity index (χ1) is 7.29. The lowest BCUT2D eigenvalue weighted by molar-refractivity contribution is 0.633. The first-order valence-corrected chi connectivity index (χ1v) is 4.51. The van der Waals surface area contributed by atoms with Crippen molar-refractivity contribution in [3.8, 4) is 6.07 Å². The van der Waals surface area contributed by atoms with Crippen molar-refractivity contribution in [2.24, 2.45) is 0 Å². The van der Waals surface area contributed by atoms with Gasteiger partial charge in [0.2, 0.25) is 0 Å². The van der Waals surface area contributed by atoms with E-state index in [-0.39, 0.29) is 0 Å². The average molecular weight is 199 g/mol. The van der Waals surface area contributed by atoms with E-state index < -0.39 is 0 Å². The molecule has 0 aliphatic carbocycles. The van der Waals surface area contributed by atoms with Gasteiger partial charge >= 0.3 is 0 Å². The zero-order valence-electron chi connectivity index (χ0n) is 8.25. The van der Waals surface area contributed by atoms with E-state index in [0.717, 1.165) is 11.4 Å². The van der Waals surface area contributed by atoms with Gasteiger partial charge in [-0.15, -0.1) is 5.10 Å². The summed E-state index contributed by atoms with van der Waals surface area (Å²) in [5.41, 5.74) is 1.73. The molecule has 0 atom stereocenters. The molecule has 0 amide bonds. The van der Waals surface area contributed by atoms with Crippen LogP contribution in [0.15, 0.2) is 24.3 Å². The van der Waals surface area contributed by atoms with Crippen LogP contribution in [0.25, 0.3) is 0 Å². The molecule has 0 bridgehead atoms. The van der Waals surface area contributed by atoms with Gasteiger partial charge in [-0.1, -0.05) is 12.1 Å². The number of rotatable bonds is 2. The zero-order chi connectivity index (χ0) is 10.7. The van der Waals surface area contributed by atoms with Crippen molar-refractivity contribution < 1.29 is 0 Å². The highest BCUT2D eigenvalue weighted by Gasteiger charge is 2.01. The number of tetrazole rings is 1. The highest BCUT2D eigenvalue weighted by atomic mass is 15.5. The SMILES string of the molecule is Cc1nnnn1Cc1ccc(C#N)cc1. The van der Waals surface area contributed by atoms with Gasteiger partial charge in [0, 0.05) is 0 Å². The number of aromatic nitrogens is 4. The molecular formula is C10H9N5. The quantitative estimate of drug-likeness (QED) is 0.720. The molecular weight excluding hydrogens is 190 g/mol. The van der Waals surface area contributed by atoms with E-state index in [1.807, 2.05) is 19.1 Å². The summed E-state index contributed by atoms with van der Waals surface area (Å²) in [5, 5.41) is 19.8. The first kappa shape index (κ1) is 9.34. The van der Waals surface area contributed by atoms with Crippen LogP contribution in [-0.2, 0) is 6.54 Å². The number of nitrogens with zero attached hydrogens (tertiary/aromatic N) is 5. The smallest absolute Gasteiger partial charge is 0.148 e. The van der Waals surface area contributed by atoms with Gasteiger partial charge in [0.1, 0.15) is 5.82 Å². The van der Waals surface area contributed by atoms with Crippen LogP contribution in [0, 0.1) is 18.3 Å². The van der Waals surface area contributed by atoms with Crippen LogP contribution in [0.3, 0.4) is 0 Å². The summed E-state index contributed by atoms with van der Waals surface area (Å²) in [6, 6.07) is 9.46. The minimum absolute atomic E-state index is 0.630. The molecule has 2 rings (SSSR count). The molecule has 1 heterocycles. The van der Waals surface area contributed by atoms with Crippen molar-refractivity contribution in [1.82, 2.24) is 20.2 Å². The Morgan fingerprint density at radius 1 is 1.33 bits per heavy atom. The molecule has 0 saturated carbocycles. The van der Waals surface area contributed by atoms with Gasteiger partial charge in [0.15, 0.2) is 0 Å². The predicted octanol–water partition coefficient (Wildman–Crippen LogP) is 0.901. The summed E-state index contributed by atoms with van der Waals surface area (Å²) in [7, 11) is 0. The van der Waals surface area contributed by atoms with Crippen LogP contribution < -0.4 is 0 Å². The predicted molar refractivity (Wildman–Crippen MR) is 52.8 cm³/mol. The van der Waals surface area contributed by atoms with Crippen LogP contribution in [0.2, 0.25) is 0 Å². The molecule has 5 heteroatoms. The van der Waals surface area contributed by atoms with E-state index in [1.54, 1.807) is 16.8 Å². The van der Waals surface area contributed by atoms with Gasteiger partial charge in [0.25, 0.3) is 0 Å². The molecule has 0 saturated heterocycles. The molecule has 5 nitrogen and oxygen atoms in total. The van der Waals surface area contributed by atoms with E-state index in [4.69, 9.17) is 5.26 Å². The Kier molecular flexibility index (Phi) is 2.42. The number of nitriles is 1. The Morgan fingerprint density at radius 2 is 2.07 bits per heavy atom. The van der Waals surface area contributed by atoms with Gasteiger partial charge in [0.05, 0.1) is 18.2 Å². The van der Waals surface area contributed by atoms with Gasteiger partial charge in [-0.05, 0) is 35.0 Å². The third-order valence-electron chi connectivity index (χ3n) is 2.13. The van der Waals surface area contributed by atoms with Crippen molar-refractivity contribution in [3.63, 3.8) is 0 Å². The average Bonchev–Trinajstić information content (AvgIpc) is 2.66. The molecule has 74 valence electrons. The van der Waals surface area contributed by atoms with E-state index >= 15 is 0 Å². The van der Waals surface area contributed by atoms with E-state index in [2.05, 4.69) is 21.6 Å². The summed E-state index contributed by atoms with van der Waals surface area (Å²) >= 11 is 0. The molecule has 0 aliphatic heterocycles. The monoisotopic (exact) mass is 199 g/mol. The highest BCUT2D eigenvalue weighted by molar-refractivity contribution is 5.31. The summed E-state index contributed by atoms with van der Waals surface area (Å²) in [6.45, 7) is 2.48. The lowest BCUT2D eigenvalue weighted by Gasteiger charge is -2.01. The first-order valence-electron chi connectivity index (χ1n) is 4.51. The maximum atomic E-state index is 8.64. The lowest BCUT2D eigenvalue weighted by Crippen LogP contribution is -2.04. The number of benzene rings is 1. The molecule has 0 spiro atoms. The second kappa shape index (κ2) is 3.88. The van der Waals surface area contributed by atoms with Crippen molar-refractivity contribution in [2.45, 2.75) is 13.5 Å². The van der Waals surface area contributed by atoms with Crippen LogP contribution in [0.5, 0.6) is 0 Å². The van der Waals surface area contributed by atoms with Crippen LogP contribution in [-0.4, -0.2) is 20.2 Å². The second-order valence-corrected chi connectivity index (χ2v) is 3.19. The van der Waals surface area contributed by atoms with Crippen LogP contribution in [0.1, 0.15) is 17.0 Å². The summed E-state index contributed by atoms with van der Waals surface area (Å²) in [5.74, 6) is 0.777. The maximum absolute atomic E-state index is 8.64. The van der Waals surface area contributed by atoms with E-state index in [0.29, 0.717) is 12.1 Å². The largest absolute Gasteiger partial charge is 0.225 e. The van der Waals surface area contributed by atoms with Crippen LogP contribution >= 0.6 is 0 Å². The maximum Gasteiger partial charge on any atom is 0.148 e. The molecule has 1 aromatic heterocycles. The van der Waals surface area contributed by atoms with Gasteiger partial charge in [-0.2, -0.15) is 5.26 Å². The Bertz CT molecular complexity index is 491. The van der Waals surface area contributed by atoms with Crippen molar-refractivity contribution in [1.29, 1.82) is 5.26 Å². The number of hydrogen-bond donors (Lipinski definition) is 0. The number of aryl methyl sites for hydroxylation is 1. The lowest BCUT2D eigenvalue weighted by atomic mass is 10.1. The minimum Gasteiger partial charge on any atom is -0.225 e. The van der Waals surface area contributed by atoms with Crippen molar-refractivity contribution in [2.75, 3.05) is 0 Å². The fourth-order valence-electron chi connectivity index (χ4n) is 1.25. The molecule has 0 aliphatic rings. The Hall–Kier alpha value is -2.22. The fourth-order valence-corrected chi connectivity index (χ4v) is 1.25. The molecule has 0 N–H and O–H groups in total. The fraction of sp³-hybridized carbons (Fsp3) is 0.200. The molecule has 0 radical (unpaired) electrons. The van der Waals surface area contributed by atoms with Crippen molar-refractivity contribution >= 4 is 0 Å². The summed E-state index contributed by atoms with van der Waals surface area (Å²) in [4.78, 5) is 0. The Balaban J connectivity index is 2.19. The van der Waals surface area contributed by atoms with E-state index in [9.17, 15) is 0 Å². The van der Waals surface area contributed by atoms with Crippen LogP contribution in [0.4, 0.5) is 0 Å². The number of hydrogen-bond acceptors (Lipinski definition) is 4. The normalized spacial score (nSPS) is 9.87. The highest BCUT2D eigenvalue weighted by Crippen LogP contribution is 2.05. The summed E-state index contributed by atoms with van der Waals surface area (Å²) in [6.07, 6.45) is 0. The Labute approximate surface area is 87.0 Å². The zero-order valence-corrected chi connectivity index (χ0v) is 8.25. The Morgan fingerprint density at radius 3 is 2.60 bits per heavy atom. The summed E-state index contributed by atoms with van der Waals surface area (Å²) < 4.78 is 1.71. The molecule has 0 unspecified atom stereocenters. The second-order valence-electron chi connectivity index (χ2n) is 3.19. The third-order valence-corrected chi connectivity index (χ3v) is 2.13. The van der Waals surface area contributed by atoms with Crippen molar-refractivity contribution in [3.05, 3.63) is 41.2 Å². The molecule has 1 aromatic carbocycles. The van der Waals surface area contributed by atoms with Gasteiger partial charge < -0.3 is 0 Å². The van der Waals surface area contributed by atoms with Gasteiger partial charge in [-0.25, -0.2) is 4.68 Å². The minimum atomic E-state index is 0.630. The molecule has 2 aromatic rings. The molecule has 0 fully saturated rings. The standard InChI is InChI=1S/C10H9N5/c1-8-12-13-14-15(8)7-10-4-2-9(6-11)3-5-10/h2-5H,7H2,1H3. The molecule has 15 heavy (non-hydrogen) atoms.